The van der Waals surface area contributed by atoms with Crippen LogP contribution in [0.1, 0.15) is 26.2 Å². The summed E-state index contributed by atoms with van der Waals surface area (Å²) in [5, 5.41) is 0.814. The van der Waals surface area contributed by atoms with Gasteiger partial charge in [0, 0.05) is 0 Å². The van der Waals surface area contributed by atoms with Crippen molar-refractivity contribution in [2.75, 3.05) is 6.61 Å². The number of hydrogen-bond acceptors (Lipinski definition) is 5. The van der Waals surface area contributed by atoms with E-state index in [2.05, 4.69) is 9.98 Å². The van der Waals surface area contributed by atoms with Gasteiger partial charge in [-0.25, -0.2) is 9.98 Å². The van der Waals surface area contributed by atoms with Crippen molar-refractivity contribution < 1.29 is 14.3 Å². The smallest absolute Gasteiger partial charge is 0.309 e. The molecular weight excluding hydrogens is 264 g/mol. The molecular formula is C13H14N2O3S. The molecule has 19 heavy (non-hydrogen) atoms. The number of fused-ring (bicyclic) bond motifs is 2. The van der Waals surface area contributed by atoms with Gasteiger partial charge in [-0.15, -0.1) is 0 Å². The van der Waals surface area contributed by atoms with E-state index >= 15 is 0 Å². The quantitative estimate of drug-likeness (QED) is 0.724. The van der Waals surface area contributed by atoms with E-state index in [4.69, 9.17) is 4.74 Å². The van der Waals surface area contributed by atoms with Crippen LogP contribution in [-0.2, 0) is 14.3 Å². The molecule has 1 amide bonds. The summed E-state index contributed by atoms with van der Waals surface area (Å²) in [6.07, 6.45) is 3.54. The molecule has 1 aliphatic carbocycles. The lowest BCUT2D eigenvalue weighted by Gasteiger charge is -2.23. The van der Waals surface area contributed by atoms with E-state index in [1.54, 1.807) is 18.7 Å². The van der Waals surface area contributed by atoms with Gasteiger partial charge >= 0.3 is 5.97 Å². The fraction of sp³-hybridized carbons (Fsp3) is 0.538. The van der Waals surface area contributed by atoms with Gasteiger partial charge in [-0.05, 0) is 36.7 Å². The van der Waals surface area contributed by atoms with Crippen LogP contribution in [0, 0.1) is 11.8 Å². The largest absolute Gasteiger partial charge is 0.466 e. The maximum Gasteiger partial charge on any atom is 0.309 e. The highest BCUT2D eigenvalue weighted by Gasteiger charge is 2.42. The van der Waals surface area contributed by atoms with Gasteiger partial charge in [0.1, 0.15) is 12.3 Å². The molecule has 0 N–H and O–H groups in total. The Hall–Kier alpha value is -1.43. The average Bonchev–Trinajstić information content (AvgIpc) is 2.77. The Morgan fingerprint density at radius 1 is 1.58 bits per heavy atom. The SMILES string of the molecule is CCOC(=O)C1CCC2=C(C1)C1C(=O)N=CN=C1S2. The van der Waals surface area contributed by atoms with Gasteiger partial charge in [0.05, 0.1) is 17.6 Å². The van der Waals surface area contributed by atoms with Gasteiger partial charge in [-0.3, -0.25) is 9.59 Å². The molecule has 0 spiro atoms. The molecule has 0 aromatic carbocycles. The Morgan fingerprint density at radius 2 is 2.42 bits per heavy atom. The van der Waals surface area contributed by atoms with Crippen LogP contribution < -0.4 is 0 Å². The number of ether oxygens (including phenoxy) is 1. The Balaban J connectivity index is 1.81. The highest BCUT2D eigenvalue weighted by molar-refractivity contribution is 8.17. The third-order valence-electron chi connectivity index (χ3n) is 3.60. The molecule has 3 aliphatic rings. The Bertz CT molecular complexity index is 536. The molecule has 0 saturated carbocycles. The summed E-state index contributed by atoms with van der Waals surface area (Å²) >= 11 is 1.57. The molecule has 2 unspecified atom stereocenters. The second-order valence-electron chi connectivity index (χ2n) is 4.73. The minimum atomic E-state index is -0.331. The topological polar surface area (TPSA) is 68.1 Å². The van der Waals surface area contributed by atoms with E-state index < -0.39 is 0 Å². The number of rotatable bonds is 2. The number of aliphatic imine (C=N–C) groups is 2. The Morgan fingerprint density at radius 3 is 3.21 bits per heavy atom. The summed E-state index contributed by atoms with van der Waals surface area (Å²) in [4.78, 5) is 32.9. The second-order valence-corrected chi connectivity index (χ2v) is 5.84. The summed E-state index contributed by atoms with van der Waals surface area (Å²) < 4.78 is 5.08. The molecule has 2 aliphatic heterocycles. The molecule has 100 valence electrons. The predicted molar refractivity (Wildman–Crippen MR) is 73.0 cm³/mol. The van der Waals surface area contributed by atoms with Gasteiger partial charge in [0.2, 0.25) is 0 Å². The minimum Gasteiger partial charge on any atom is -0.466 e. The van der Waals surface area contributed by atoms with Crippen LogP contribution in [-0.4, -0.2) is 29.9 Å². The first-order valence-electron chi connectivity index (χ1n) is 6.41. The molecule has 0 fully saturated rings. The number of nitrogens with zero attached hydrogens (tertiary/aromatic N) is 2. The molecule has 0 saturated heterocycles. The minimum absolute atomic E-state index is 0.127. The average molecular weight is 278 g/mol. The number of amides is 1. The van der Waals surface area contributed by atoms with Crippen molar-refractivity contribution in [2.24, 2.45) is 21.8 Å². The van der Waals surface area contributed by atoms with Gasteiger partial charge in [-0.2, -0.15) is 0 Å². The number of hydrogen-bond donors (Lipinski definition) is 0. The van der Waals surface area contributed by atoms with Crippen molar-refractivity contribution in [1.82, 2.24) is 0 Å². The van der Waals surface area contributed by atoms with Crippen LogP contribution in [0.15, 0.2) is 20.5 Å². The third kappa shape index (κ3) is 2.14. The maximum atomic E-state index is 11.9. The highest BCUT2D eigenvalue weighted by Crippen LogP contribution is 2.48. The fourth-order valence-electron chi connectivity index (χ4n) is 2.71. The summed E-state index contributed by atoms with van der Waals surface area (Å²) in [7, 11) is 0. The molecule has 0 aromatic rings. The van der Waals surface area contributed by atoms with Crippen LogP contribution in [0.25, 0.3) is 0 Å². The van der Waals surface area contributed by atoms with Gasteiger partial charge < -0.3 is 4.74 Å². The zero-order valence-corrected chi connectivity index (χ0v) is 11.4. The number of thioether (sulfide) groups is 1. The number of allylic oxidation sites excluding steroid dienone is 1. The zero-order valence-electron chi connectivity index (χ0n) is 10.6. The first-order valence-corrected chi connectivity index (χ1v) is 7.22. The zero-order chi connectivity index (χ0) is 13.4. The predicted octanol–water partition coefficient (Wildman–Crippen LogP) is 1.93. The van der Waals surface area contributed by atoms with E-state index in [1.165, 1.54) is 11.2 Å². The number of carbonyl (C=O) groups excluding carboxylic acids is 2. The molecule has 5 nitrogen and oxygen atoms in total. The number of esters is 1. The molecule has 3 rings (SSSR count). The van der Waals surface area contributed by atoms with E-state index in [9.17, 15) is 9.59 Å². The molecule has 0 bridgehead atoms. The lowest BCUT2D eigenvalue weighted by Crippen LogP contribution is -2.27. The van der Waals surface area contributed by atoms with Crippen molar-refractivity contribution in [3.8, 4) is 0 Å². The van der Waals surface area contributed by atoms with Crippen LogP contribution >= 0.6 is 11.8 Å². The van der Waals surface area contributed by atoms with Gasteiger partial charge in [0.15, 0.2) is 0 Å². The van der Waals surface area contributed by atoms with Crippen molar-refractivity contribution in [3.05, 3.63) is 10.5 Å². The van der Waals surface area contributed by atoms with Gasteiger partial charge in [-0.1, -0.05) is 11.8 Å². The van der Waals surface area contributed by atoms with Crippen LogP contribution in [0.2, 0.25) is 0 Å². The van der Waals surface area contributed by atoms with E-state index in [0.29, 0.717) is 13.0 Å². The van der Waals surface area contributed by atoms with E-state index in [1.807, 2.05) is 0 Å². The van der Waals surface area contributed by atoms with Crippen molar-refractivity contribution in [1.29, 1.82) is 0 Å². The molecule has 2 atom stereocenters. The monoisotopic (exact) mass is 278 g/mol. The van der Waals surface area contributed by atoms with E-state index in [0.717, 1.165) is 23.5 Å². The molecule has 6 heteroatoms. The van der Waals surface area contributed by atoms with Crippen molar-refractivity contribution in [3.63, 3.8) is 0 Å². The van der Waals surface area contributed by atoms with Crippen LogP contribution in [0.4, 0.5) is 0 Å². The summed E-state index contributed by atoms with van der Waals surface area (Å²) in [6.45, 7) is 2.20. The Kier molecular flexibility index (Phi) is 3.26. The van der Waals surface area contributed by atoms with E-state index in [-0.39, 0.29) is 23.7 Å². The van der Waals surface area contributed by atoms with Crippen LogP contribution in [0.5, 0.6) is 0 Å². The lowest BCUT2D eigenvalue weighted by atomic mass is 9.82. The first kappa shape index (κ1) is 12.6. The lowest BCUT2D eigenvalue weighted by molar-refractivity contribution is -0.148. The maximum absolute atomic E-state index is 11.9. The molecule has 2 heterocycles. The van der Waals surface area contributed by atoms with Gasteiger partial charge in [0.25, 0.3) is 5.91 Å². The third-order valence-corrected chi connectivity index (χ3v) is 4.87. The van der Waals surface area contributed by atoms with Crippen molar-refractivity contribution in [2.45, 2.75) is 26.2 Å². The molecule has 0 aromatic heterocycles. The van der Waals surface area contributed by atoms with Crippen LogP contribution in [0.3, 0.4) is 0 Å². The summed E-state index contributed by atoms with van der Waals surface area (Å²) in [6, 6.07) is 0. The Labute approximate surface area is 115 Å². The fourth-order valence-corrected chi connectivity index (χ4v) is 3.98. The second kappa shape index (κ2) is 4.92. The number of carbonyl (C=O) groups is 2. The van der Waals surface area contributed by atoms with Crippen molar-refractivity contribution >= 4 is 35.0 Å². The first-order chi connectivity index (χ1) is 9.20. The normalized spacial score (nSPS) is 28.9. The molecule has 0 radical (unpaired) electrons. The summed E-state index contributed by atoms with van der Waals surface area (Å²) in [5.74, 6) is -0.775. The summed E-state index contributed by atoms with van der Waals surface area (Å²) in [5.41, 5.74) is 1.04. The highest BCUT2D eigenvalue weighted by atomic mass is 32.2. The standard InChI is InChI=1S/C13H14N2O3S/c1-2-18-13(17)7-3-4-9-8(5-7)10-11(16)14-6-15-12(10)19-9/h6-7,10H,2-5H2,1H3.